The maximum absolute atomic E-state index is 12.5. The Morgan fingerprint density at radius 2 is 1.88 bits per heavy atom. The SMILES string of the molecule is CC1CCC(N2CCC(C#N)(NC(=O)CCC3CCCCC3)C2)CC1. The zero-order valence-corrected chi connectivity index (χ0v) is 15.9. The summed E-state index contributed by atoms with van der Waals surface area (Å²) in [5, 5.41) is 12.9. The van der Waals surface area contributed by atoms with Gasteiger partial charge in [0.05, 0.1) is 6.07 Å². The number of hydrogen-bond donors (Lipinski definition) is 1. The average Bonchev–Trinajstić information content (AvgIpc) is 3.06. The largest absolute Gasteiger partial charge is 0.337 e. The van der Waals surface area contributed by atoms with Crippen molar-refractivity contribution in [2.75, 3.05) is 13.1 Å². The standard InChI is InChI=1S/C21H35N3O/c1-17-7-10-19(11-8-17)24-14-13-21(15-22,16-24)23-20(25)12-9-18-5-3-2-4-6-18/h17-19H,2-14,16H2,1H3,(H,23,25). The fourth-order valence-electron chi connectivity index (χ4n) is 5.12. The number of hydrogen-bond acceptors (Lipinski definition) is 3. The molecule has 140 valence electrons. The minimum atomic E-state index is -0.646. The zero-order chi connectivity index (χ0) is 17.7. The monoisotopic (exact) mass is 345 g/mol. The predicted molar refractivity (Wildman–Crippen MR) is 99.9 cm³/mol. The summed E-state index contributed by atoms with van der Waals surface area (Å²) >= 11 is 0. The Bertz CT molecular complexity index is 486. The van der Waals surface area contributed by atoms with E-state index in [1.54, 1.807) is 0 Å². The molecule has 1 amide bonds. The van der Waals surface area contributed by atoms with Crippen LogP contribution in [0.25, 0.3) is 0 Å². The highest BCUT2D eigenvalue weighted by atomic mass is 16.1. The van der Waals surface area contributed by atoms with Crippen LogP contribution in [0.4, 0.5) is 0 Å². The molecule has 4 nitrogen and oxygen atoms in total. The molecule has 3 fully saturated rings. The van der Waals surface area contributed by atoms with Crippen LogP contribution in [0, 0.1) is 23.2 Å². The Kier molecular flexibility index (Phi) is 6.39. The molecule has 3 rings (SSSR count). The van der Waals surface area contributed by atoms with Crippen LogP contribution in [0.3, 0.4) is 0 Å². The van der Waals surface area contributed by atoms with Crippen LogP contribution in [0.15, 0.2) is 0 Å². The number of carbonyl (C=O) groups excluding carboxylic acids is 1. The average molecular weight is 346 g/mol. The highest BCUT2D eigenvalue weighted by molar-refractivity contribution is 5.77. The van der Waals surface area contributed by atoms with Crippen LogP contribution in [-0.4, -0.2) is 35.5 Å². The first kappa shape index (κ1) is 18.7. The summed E-state index contributed by atoms with van der Waals surface area (Å²) in [7, 11) is 0. The Balaban J connectivity index is 1.46. The van der Waals surface area contributed by atoms with Gasteiger partial charge in [-0.05, 0) is 50.4 Å². The molecule has 1 N–H and O–H groups in total. The molecular weight excluding hydrogens is 310 g/mol. The van der Waals surface area contributed by atoms with E-state index < -0.39 is 5.54 Å². The molecule has 1 atom stereocenters. The number of nitriles is 1. The smallest absolute Gasteiger partial charge is 0.221 e. The Morgan fingerprint density at radius 3 is 2.56 bits per heavy atom. The minimum Gasteiger partial charge on any atom is -0.337 e. The topological polar surface area (TPSA) is 56.1 Å². The van der Waals surface area contributed by atoms with E-state index in [2.05, 4.69) is 23.2 Å². The molecular formula is C21H35N3O. The van der Waals surface area contributed by atoms with E-state index in [1.807, 2.05) is 0 Å². The summed E-state index contributed by atoms with van der Waals surface area (Å²) in [4.78, 5) is 14.9. The van der Waals surface area contributed by atoms with E-state index in [0.717, 1.165) is 37.8 Å². The second kappa shape index (κ2) is 8.54. The van der Waals surface area contributed by atoms with Gasteiger partial charge < -0.3 is 5.32 Å². The van der Waals surface area contributed by atoms with Crippen LogP contribution < -0.4 is 5.32 Å². The summed E-state index contributed by atoms with van der Waals surface area (Å²) in [6, 6.07) is 3.07. The highest BCUT2D eigenvalue weighted by Gasteiger charge is 2.42. The Hall–Kier alpha value is -1.08. The Morgan fingerprint density at radius 1 is 1.16 bits per heavy atom. The fourth-order valence-corrected chi connectivity index (χ4v) is 5.12. The van der Waals surface area contributed by atoms with Gasteiger partial charge >= 0.3 is 0 Å². The van der Waals surface area contributed by atoms with Crippen LogP contribution in [0.2, 0.25) is 0 Å². The third-order valence-electron chi connectivity index (χ3n) is 6.90. The van der Waals surface area contributed by atoms with Crippen LogP contribution >= 0.6 is 0 Å². The second-order valence-corrected chi connectivity index (χ2v) is 8.92. The molecule has 2 aliphatic carbocycles. The first-order valence-electron chi connectivity index (χ1n) is 10.6. The van der Waals surface area contributed by atoms with Crippen molar-refractivity contribution < 1.29 is 4.79 Å². The highest BCUT2D eigenvalue weighted by Crippen LogP contribution is 2.32. The van der Waals surface area contributed by atoms with Crippen LogP contribution in [0.5, 0.6) is 0 Å². The molecule has 3 aliphatic rings. The van der Waals surface area contributed by atoms with E-state index >= 15 is 0 Å². The van der Waals surface area contributed by atoms with E-state index in [0.29, 0.717) is 12.5 Å². The van der Waals surface area contributed by atoms with Crippen molar-refractivity contribution in [3.8, 4) is 6.07 Å². The van der Waals surface area contributed by atoms with Gasteiger partial charge in [0.15, 0.2) is 0 Å². The van der Waals surface area contributed by atoms with Gasteiger partial charge in [0, 0.05) is 25.6 Å². The third-order valence-corrected chi connectivity index (χ3v) is 6.90. The van der Waals surface area contributed by atoms with Crippen molar-refractivity contribution in [3.63, 3.8) is 0 Å². The van der Waals surface area contributed by atoms with Crippen molar-refractivity contribution in [1.29, 1.82) is 5.26 Å². The molecule has 0 radical (unpaired) electrons. The van der Waals surface area contributed by atoms with E-state index in [9.17, 15) is 10.1 Å². The summed E-state index contributed by atoms with van der Waals surface area (Å²) in [5.74, 6) is 1.66. The van der Waals surface area contributed by atoms with Crippen molar-refractivity contribution >= 4 is 5.91 Å². The van der Waals surface area contributed by atoms with Gasteiger partial charge in [-0.25, -0.2) is 0 Å². The normalized spacial score (nSPS) is 34.6. The summed E-state index contributed by atoms with van der Waals surface area (Å²) in [6.45, 7) is 4.01. The second-order valence-electron chi connectivity index (χ2n) is 8.92. The lowest BCUT2D eigenvalue weighted by Crippen LogP contribution is -2.50. The van der Waals surface area contributed by atoms with Crippen molar-refractivity contribution in [1.82, 2.24) is 10.2 Å². The summed E-state index contributed by atoms with van der Waals surface area (Å²) < 4.78 is 0. The molecule has 0 aromatic heterocycles. The maximum atomic E-state index is 12.5. The zero-order valence-electron chi connectivity index (χ0n) is 15.9. The summed E-state index contributed by atoms with van der Waals surface area (Å²) in [5.41, 5.74) is -0.646. The molecule has 0 aromatic carbocycles. The van der Waals surface area contributed by atoms with Gasteiger partial charge in [-0.2, -0.15) is 5.26 Å². The lowest BCUT2D eigenvalue weighted by Gasteiger charge is -2.34. The number of likely N-dealkylation sites (tertiary alicyclic amines) is 1. The predicted octanol–water partition coefficient (Wildman–Crippen LogP) is 4.01. The van der Waals surface area contributed by atoms with Crippen molar-refractivity contribution in [3.05, 3.63) is 0 Å². The van der Waals surface area contributed by atoms with Crippen molar-refractivity contribution in [2.24, 2.45) is 11.8 Å². The first-order valence-corrected chi connectivity index (χ1v) is 10.6. The summed E-state index contributed by atoms with van der Waals surface area (Å²) in [6.07, 6.45) is 14.0. The third kappa shape index (κ3) is 4.97. The lowest BCUT2D eigenvalue weighted by molar-refractivity contribution is -0.122. The molecule has 25 heavy (non-hydrogen) atoms. The first-order chi connectivity index (χ1) is 12.1. The van der Waals surface area contributed by atoms with E-state index in [4.69, 9.17) is 0 Å². The number of nitrogens with one attached hydrogen (secondary N) is 1. The number of rotatable bonds is 5. The molecule has 4 heteroatoms. The molecule has 1 unspecified atom stereocenters. The molecule has 0 aromatic rings. The maximum Gasteiger partial charge on any atom is 0.221 e. The quantitative estimate of drug-likeness (QED) is 0.819. The van der Waals surface area contributed by atoms with Gasteiger partial charge in [0.25, 0.3) is 0 Å². The van der Waals surface area contributed by atoms with Gasteiger partial charge in [0.1, 0.15) is 5.54 Å². The number of carbonyl (C=O) groups is 1. The van der Waals surface area contributed by atoms with Crippen LogP contribution in [0.1, 0.15) is 84.0 Å². The van der Waals surface area contributed by atoms with Crippen molar-refractivity contribution in [2.45, 2.75) is 95.6 Å². The molecule has 1 heterocycles. The van der Waals surface area contributed by atoms with Gasteiger partial charge in [-0.3, -0.25) is 9.69 Å². The molecule has 2 saturated carbocycles. The van der Waals surface area contributed by atoms with Gasteiger partial charge in [0.2, 0.25) is 5.91 Å². The fraction of sp³-hybridized carbons (Fsp3) is 0.905. The van der Waals surface area contributed by atoms with Crippen LogP contribution in [-0.2, 0) is 4.79 Å². The van der Waals surface area contributed by atoms with Gasteiger partial charge in [-0.1, -0.05) is 39.0 Å². The van der Waals surface area contributed by atoms with E-state index in [1.165, 1.54) is 57.8 Å². The number of amides is 1. The molecule has 1 aliphatic heterocycles. The molecule has 1 saturated heterocycles. The minimum absolute atomic E-state index is 0.0891. The lowest BCUT2D eigenvalue weighted by atomic mass is 9.86. The van der Waals surface area contributed by atoms with E-state index in [-0.39, 0.29) is 5.91 Å². The molecule has 0 bridgehead atoms. The number of nitrogens with zero attached hydrogens (tertiary/aromatic N) is 2. The van der Waals surface area contributed by atoms with Gasteiger partial charge in [-0.15, -0.1) is 0 Å². The molecule has 0 spiro atoms. The Labute approximate surface area is 153 Å².